The smallest absolute Gasteiger partial charge is 0.399 e. The quantitative estimate of drug-likeness (QED) is 0.204. The van der Waals surface area contributed by atoms with Crippen molar-refractivity contribution in [3.8, 4) is 11.1 Å². The number of hydrogen-bond donors (Lipinski definition) is 0. The van der Waals surface area contributed by atoms with Crippen molar-refractivity contribution in [2.45, 2.75) is 107 Å². The lowest BCUT2D eigenvalue weighted by Gasteiger charge is -2.64. The van der Waals surface area contributed by atoms with E-state index in [0.29, 0.717) is 16.7 Å². The Morgan fingerprint density at radius 2 is 0.957 bits per heavy atom. The van der Waals surface area contributed by atoms with Gasteiger partial charge >= 0.3 is 7.12 Å². The number of aryl methyl sites for hydroxylation is 1. The van der Waals surface area contributed by atoms with Crippen LogP contribution in [0.5, 0.6) is 0 Å². The van der Waals surface area contributed by atoms with E-state index in [0.717, 1.165) is 23.2 Å². The highest BCUT2D eigenvalue weighted by atomic mass is 16.7. The van der Waals surface area contributed by atoms with Crippen molar-refractivity contribution >= 4 is 12.6 Å². The number of rotatable bonds is 6. The Bertz CT molecular complexity index is 1750. The molecule has 1 aliphatic heterocycles. The van der Waals surface area contributed by atoms with Crippen molar-refractivity contribution in [3.63, 3.8) is 0 Å². The minimum atomic E-state index is -0.310. The molecule has 5 fully saturated rings. The molecule has 1 saturated heterocycles. The minimum Gasteiger partial charge on any atom is -0.399 e. The lowest BCUT2D eigenvalue weighted by molar-refractivity contribution is -0.0235. The van der Waals surface area contributed by atoms with Crippen molar-refractivity contribution in [2.24, 2.45) is 11.8 Å². The van der Waals surface area contributed by atoms with Gasteiger partial charge in [-0.05, 0) is 146 Å². The van der Waals surface area contributed by atoms with Crippen molar-refractivity contribution in [1.82, 2.24) is 0 Å². The van der Waals surface area contributed by atoms with E-state index in [2.05, 4.69) is 132 Å². The zero-order valence-corrected chi connectivity index (χ0v) is 28.2. The van der Waals surface area contributed by atoms with Crippen LogP contribution in [0.25, 0.3) is 11.1 Å². The van der Waals surface area contributed by atoms with E-state index in [-0.39, 0.29) is 18.3 Å². The van der Waals surface area contributed by atoms with Crippen LogP contribution < -0.4 is 5.46 Å². The summed E-state index contributed by atoms with van der Waals surface area (Å²) in [6.07, 6.45) is 7.93. The zero-order chi connectivity index (χ0) is 31.5. The van der Waals surface area contributed by atoms with E-state index in [4.69, 9.17) is 9.31 Å². The Kier molecular flexibility index (Phi) is 6.27. The lowest BCUT2D eigenvalue weighted by atomic mass is 9.40. The van der Waals surface area contributed by atoms with E-state index >= 15 is 0 Å². The Balaban J connectivity index is 0.852. The van der Waals surface area contributed by atoms with Crippen LogP contribution in [-0.2, 0) is 20.1 Å². The van der Waals surface area contributed by atoms with Gasteiger partial charge in [-0.15, -0.1) is 0 Å². The fraction of sp³-hybridized carbons (Fsp3) is 0.442. The molecule has 46 heavy (non-hydrogen) atoms. The van der Waals surface area contributed by atoms with Crippen LogP contribution in [0.1, 0.15) is 106 Å². The van der Waals surface area contributed by atoms with Crippen molar-refractivity contribution in [1.29, 1.82) is 0 Å². The van der Waals surface area contributed by atoms with Gasteiger partial charge in [-0.25, -0.2) is 0 Å². The molecule has 4 saturated carbocycles. The van der Waals surface area contributed by atoms with Crippen LogP contribution in [0.3, 0.4) is 0 Å². The molecule has 0 radical (unpaired) electrons. The van der Waals surface area contributed by atoms with Crippen molar-refractivity contribution in [3.05, 3.63) is 125 Å². The van der Waals surface area contributed by atoms with Gasteiger partial charge in [0.15, 0.2) is 0 Å². The predicted octanol–water partition coefficient (Wildman–Crippen LogP) is 9.63. The maximum atomic E-state index is 6.30. The summed E-state index contributed by atoms with van der Waals surface area (Å²) in [6.45, 7) is 10.7. The summed E-state index contributed by atoms with van der Waals surface area (Å²) >= 11 is 0. The molecule has 4 aliphatic carbocycles. The minimum absolute atomic E-state index is 0.290. The molecule has 4 aromatic rings. The second-order valence-electron chi connectivity index (χ2n) is 16.5. The molecule has 0 amide bonds. The van der Waals surface area contributed by atoms with Crippen LogP contribution in [0.2, 0.25) is 0 Å². The SMILES string of the molecule is Cc1ccc(C2CC3(c4ccc(-c5ccc(C6CC7(c8ccc(B9OC(C)(C)C(C)(C)O9)cc8)CCC67)cc5)cc4)CCC23)cc1. The molecule has 6 atom stereocenters. The van der Waals surface area contributed by atoms with Gasteiger partial charge in [0.1, 0.15) is 0 Å². The first kappa shape index (κ1) is 29.0. The van der Waals surface area contributed by atoms with Gasteiger partial charge in [0.2, 0.25) is 0 Å². The summed E-state index contributed by atoms with van der Waals surface area (Å²) in [6, 6.07) is 37.7. The Morgan fingerprint density at radius 3 is 1.37 bits per heavy atom. The van der Waals surface area contributed by atoms with Crippen molar-refractivity contribution < 1.29 is 9.31 Å². The average molecular weight is 607 g/mol. The summed E-state index contributed by atoms with van der Waals surface area (Å²) < 4.78 is 12.6. The first-order valence-electron chi connectivity index (χ1n) is 17.8. The maximum Gasteiger partial charge on any atom is 0.494 e. The van der Waals surface area contributed by atoms with Crippen LogP contribution >= 0.6 is 0 Å². The summed E-state index contributed by atoms with van der Waals surface area (Å²) in [4.78, 5) is 0. The molecular formula is C43H47BO2. The predicted molar refractivity (Wildman–Crippen MR) is 189 cm³/mol. The molecule has 0 spiro atoms. The summed E-state index contributed by atoms with van der Waals surface area (Å²) in [5.74, 6) is 2.97. The highest BCUT2D eigenvalue weighted by Gasteiger charge is 2.61. The molecule has 5 aliphatic rings. The highest BCUT2D eigenvalue weighted by molar-refractivity contribution is 6.62. The fourth-order valence-electron chi connectivity index (χ4n) is 10.1. The molecule has 234 valence electrons. The van der Waals surface area contributed by atoms with Gasteiger partial charge in [-0.2, -0.15) is 0 Å². The Morgan fingerprint density at radius 1 is 0.543 bits per heavy atom. The van der Waals surface area contributed by atoms with Crippen LogP contribution in [0.4, 0.5) is 0 Å². The lowest BCUT2D eigenvalue weighted by Crippen LogP contribution is -2.57. The monoisotopic (exact) mass is 606 g/mol. The summed E-state index contributed by atoms with van der Waals surface area (Å²) in [7, 11) is -0.290. The molecule has 3 heteroatoms. The van der Waals surface area contributed by atoms with E-state index in [1.54, 1.807) is 11.1 Å². The highest BCUT2D eigenvalue weighted by Crippen LogP contribution is 2.69. The first-order valence-corrected chi connectivity index (χ1v) is 17.8. The largest absolute Gasteiger partial charge is 0.494 e. The molecule has 6 unspecified atom stereocenters. The topological polar surface area (TPSA) is 18.5 Å². The molecule has 2 nitrogen and oxygen atoms in total. The van der Waals surface area contributed by atoms with Crippen LogP contribution in [0.15, 0.2) is 97.1 Å². The standard InChI is InChI=1S/C43H47BO2/c1-28-6-8-31(9-7-28)36-26-42(24-22-38(36)42)33-16-14-30(15-17-33)29-10-12-32(13-11-29)37-27-43(25-23-39(37)43)34-18-20-35(21-19-34)44-45-40(2,3)41(4,5)46-44/h6-21,36-39H,22-27H2,1-5H3. The van der Waals surface area contributed by atoms with E-state index in [1.807, 2.05) is 0 Å². The third kappa shape index (κ3) is 4.10. The van der Waals surface area contributed by atoms with Crippen LogP contribution in [0, 0.1) is 18.8 Å². The van der Waals surface area contributed by atoms with E-state index in [9.17, 15) is 0 Å². The fourth-order valence-corrected chi connectivity index (χ4v) is 10.1. The van der Waals surface area contributed by atoms with Gasteiger partial charge in [0.25, 0.3) is 0 Å². The number of fused-ring (bicyclic) bond motifs is 2. The third-order valence-corrected chi connectivity index (χ3v) is 14.0. The van der Waals surface area contributed by atoms with Crippen LogP contribution in [-0.4, -0.2) is 18.3 Å². The number of benzene rings is 4. The van der Waals surface area contributed by atoms with Gasteiger partial charge < -0.3 is 9.31 Å². The summed E-state index contributed by atoms with van der Waals surface area (Å²) in [5, 5.41) is 0. The molecule has 0 bridgehead atoms. The molecule has 1 heterocycles. The Hall–Kier alpha value is -3.14. The van der Waals surface area contributed by atoms with Gasteiger partial charge in [-0.1, -0.05) is 103 Å². The van der Waals surface area contributed by atoms with E-state index in [1.165, 1.54) is 66.3 Å². The summed E-state index contributed by atoms with van der Waals surface area (Å²) in [5.41, 5.74) is 11.4. The van der Waals surface area contributed by atoms with E-state index < -0.39 is 0 Å². The molecule has 9 rings (SSSR count). The maximum absolute atomic E-state index is 6.30. The zero-order valence-electron chi connectivity index (χ0n) is 28.2. The molecular weight excluding hydrogens is 559 g/mol. The normalized spacial score (nSPS) is 33.1. The second-order valence-corrected chi connectivity index (χ2v) is 16.5. The molecule has 0 aromatic heterocycles. The first-order chi connectivity index (χ1) is 22.1. The number of hydrogen-bond acceptors (Lipinski definition) is 2. The van der Waals surface area contributed by atoms with Gasteiger partial charge in [-0.3, -0.25) is 0 Å². The molecule has 4 aromatic carbocycles. The molecule has 0 N–H and O–H groups in total. The average Bonchev–Trinajstić information content (AvgIpc) is 3.26. The third-order valence-electron chi connectivity index (χ3n) is 14.0. The Labute approximate surface area is 276 Å². The van der Waals surface area contributed by atoms with Crippen molar-refractivity contribution in [2.75, 3.05) is 0 Å². The van der Waals surface area contributed by atoms with Gasteiger partial charge in [0, 0.05) is 0 Å². The van der Waals surface area contributed by atoms with Gasteiger partial charge in [0.05, 0.1) is 11.2 Å². The second kappa shape index (κ2) is 9.94.